The molecule has 0 radical (unpaired) electrons. The van der Waals surface area contributed by atoms with Gasteiger partial charge < -0.3 is 16.0 Å². The molecule has 1 amide bonds. The predicted molar refractivity (Wildman–Crippen MR) is 72.3 cm³/mol. The van der Waals surface area contributed by atoms with Crippen LogP contribution in [0.1, 0.15) is 25.3 Å². The van der Waals surface area contributed by atoms with Gasteiger partial charge in [0.1, 0.15) is 11.9 Å². The van der Waals surface area contributed by atoms with Crippen molar-refractivity contribution in [3.8, 4) is 0 Å². The number of hydrogen-bond donors (Lipinski definition) is 2. The van der Waals surface area contributed by atoms with Crippen LogP contribution in [0.3, 0.4) is 0 Å². The number of anilines is 2. The summed E-state index contributed by atoms with van der Waals surface area (Å²) in [6.07, 6.45) is 3.82. The fraction of sp³-hybridized carbons (Fsp3) is 0.538. The smallest absolute Gasteiger partial charge is 0.244 e. The van der Waals surface area contributed by atoms with Crippen LogP contribution in [-0.2, 0) is 4.79 Å². The molecule has 5 nitrogen and oxygen atoms in total. The van der Waals surface area contributed by atoms with Gasteiger partial charge in [-0.1, -0.05) is 0 Å². The van der Waals surface area contributed by atoms with E-state index in [-0.39, 0.29) is 11.9 Å². The highest BCUT2D eigenvalue weighted by Crippen LogP contribution is 2.16. The summed E-state index contributed by atoms with van der Waals surface area (Å²) in [6.45, 7) is 5.55. The Morgan fingerprint density at radius 2 is 2.17 bits per heavy atom. The molecule has 1 aromatic rings. The standard InChI is InChI=1S/C13H20N4O/c1-9-7-11(14)8-15-12(9)16-10(2)13(18)17-5-3-4-6-17/h7-8,10H,3-6,14H2,1-2H3,(H,15,16). The summed E-state index contributed by atoms with van der Waals surface area (Å²) in [6, 6.07) is 1.60. The van der Waals surface area contributed by atoms with E-state index in [9.17, 15) is 4.79 Å². The minimum atomic E-state index is -0.252. The number of carbonyl (C=O) groups excluding carboxylic acids is 1. The van der Waals surface area contributed by atoms with E-state index in [2.05, 4.69) is 10.3 Å². The minimum Gasteiger partial charge on any atom is -0.397 e. The zero-order chi connectivity index (χ0) is 13.1. The fourth-order valence-corrected chi connectivity index (χ4v) is 2.23. The van der Waals surface area contributed by atoms with Crippen molar-refractivity contribution in [1.82, 2.24) is 9.88 Å². The molecular weight excluding hydrogens is 228 g/mol. The molecule has 3 N–H and O–H groups in total. The van der Waals surface area contributed by atoms with E-state index in [0.717, 1.165) is 37.3 Å². The van der Waals surface area contributed by atoms with E-state index in [1.54, 1.807) is 6.20 Å². The molecule has 18 heavy (non-hydrogen) atoms. The first-order chi connectivity index (χ1) is 8.58. The van der Waals surface area contributed by atoms with Crippen LogP contribution in [0.15, 0.2) is 12.3 Å². The van der Waals surface area contributed by atoms with Crippen LogP contribution in [0, 0.1) is 6.92 Å². The van der Waals surface area contributed by atoms with Crippen molar-refractivity contribution in [2.24, 2.45) is 0 Å². The third kappa shape index (κ3) is 2.72. The van der Waals surface area contributed by atoms with Crippen LogP contribution < -0.4 is 11.1 Å². The average Bonchev–Trinajstić information content (AvgIpc) is 2.85. The zero-order valence-corrected chi connectivity index (χ0v) is 10.9. The Morgan fingerprint density at radius 3 is 2.78 bits per heavy atom. The molecule has 2 heterocycles. The predicted octanol–water partition coefficient (Wildman–Crippen LogP) is 1.40. The minimum absolute atomic E-state index is 0.144. The van der Waals surface area contributed by atoms with E-state index in [1.165, 1.54) is 0 Å². The number of nitrogens with one attached hydrogen (secondary N) is 1. The van der Waals surface area contributed by atoms with Gasteiger partial charge in [0.05, 0.1) is 11.9 Å². The van der Waals surface area contributed by atoms with Gasteiger partial charge in [0.15, 0.2) is 0 Å². The number of likely N-dealkylation sites (tertiary alicyclic amines) is 1. The highest BCUT2D eigenvalue weighted by atomic mass is 16.2. The van der Waals surface area contributed by atoms with Gasteiger partial charge in [-0.2, -0.15) is 0 Å². The summed E-state index contributed by atoms with van der Waals surface area (Å²) in [5.74, 6) is 0.870. The van der Waals surface area contributed by atoms with Crippen LogP contribution in [0.2, 0.25) is 0 Å². The SMILES string of the molecule is Cc1cc(N)cnc1NC(C)C(=O)N1CCCC1. The molecule has 1 fully saturated rings. The normalized spacial score (nSPS) is 16.7. The van der Waals surface area contributed by atoms with E-state index >= 15 is 0 Å². The summed E-state index contributed by atoms with van der Waals surface area (Å²) in [5, 5.41) is 3.16. The van der Waals surface area contributed by atoms with Crippen molar-refractivity contribution >= 4 is 17.4 Å². The third-order valence-corrected chi connectivity index (χ3v) is 3.24. The van der Waals surface area contributed by atoms with Gasteiger partial charge in [0, 0.05) is 13.1 Å². The Bertz CT molecular complexity index is 441. The number of aryl methyl sites for hydroxylation is 1. The highest BCUT2D eigenvalue weighted by molar-refractivity contribution is 5.84. The maximum atomic E-state index is 12.1. The van der Waals surface area contributed by atoms with Gasteiger partial charge in [-0.3, -0.25) is 4.79 Å². The Balaban J connectivity index is 2.01. The fourth-order valence-electron chi connectivity index (χ4n) is 2.23. The van der Waals surface area contributed by atoms with E-state index in [0.29, 0.717) is 5.69 Å². The van der Waals surface area contributed by atoms with Crippen LogP contribution in [0.25, 0.3) is 0 Å². The number of hydrogen-bond acceptors (Lipinski definition) is 4. The van der Waals surface area contributed by atoms with Crippen molar-refractivity contribution in [2.75, 3.05) is 24.1 Å². The lowest BCUT2D eigenvalue weighted by Gasteiger charge is -2.22. The number of nitrogens with zero attached hydrogens (tertiary/aromatic N) is 2. The molecule has 2 rings (SSSR count). The lowest BCUT2D eigenvalue weighted by molar-refractivity contribution is -0.130. The monoisotopic (exact) mass is 248 g/mol. The molecule has 0 bridgehead atoms. The van der Waals surface area contributed by atoms with Crippen LogP contribution in [0.5, 0.6) is 0 Å². The summed E-state index contributed by atoms with van der Waals surface area (Å²) >= 11 is 0. The first kappa shape index (κ1) is 12.7. The number of nitrogen functional groups attached to an aromatic ring is 1. The number of pyridine rings is 1. The van der Waals surface area contributed by atoms with Crippen molar-refractivity contribution in [3.63, 3.8) is 0 Å². The third-order valence-electron chi connectivity index (χ3n) is 3.24. The van der Waals surface area contributed by atoms with Gasteiger partial charge >= 0.3 is 0 Å². The number of amides is 1. The molecule has 1 aliphatic heterocycles. The molecule has 1 saturated heterocycles. The summed E-state index contributed by atoms with van der Waals surface area (Å²) < 4.78 is 0. The number of aromatic nitrogens is 1. The number of carbonyl (C=O) groups is 1. The van der Waals surface area contributed by atoms with Crippen molar-refractivity contribution in [3.05, 3.63) is 17.8 Å². The number of rotatable bonds is 3. The molecule has 1 aromatic heterocycles. The quantitative estimate of drug-likeness (QED) is 0.848. The van der Waals surface area contributed by atoms with Gasteiger partial charge in [0.2, 0.25) is 5.91 Å². The Labute approximate surface area is 107 Å². The summed E-state index contributed by atoms with van der Waals surface area (Å²) in [4.78, 5) is 18.3. The molecule has 0 aromatic carbocycles. The van der Waals surface area contributed by atoms with E-state index in [1.807, 2.05) is 24.8 Å². The van der Waals surface area contributed by atoms with Gasteiger partial charge in [0.25, 0.3) is 0 Å². The highest BCUT2D eigenvalue weighted by Gasteiger charge is 2.23. The Morgan fingerprint density at radius 1 is 1.50 bits per heavy atom. The summed E-state index contributed by atoms with van der Waals surface area (Å²) in [5.41, 5.74) is 7.24. The van der Waals surface area contributed by atoms with Gasteiger partial charge in [-0.25, -0.2) is 4.98 Å². The molecule has 1 atom stereocenters. The first-order valence-corrected chi connectivity index (χ1v) is 6.35. The first-order valence-electron chi connectivity index (χ1n) is 6.35. The van der Waals surface area contributed by atoms with Gasteiger partial charge in [-0.05, 0) is 38.3 Å². The van der Waals surface area contributed by atoms with Crippen LogP contribution in [-0.4, -0.2) is 34.9 Å². The van der Waals surface area contributed by atoms with Crippen molar-refractivity contribution in [2.45, 2.75) is 32.7 Å². The summed E-state index contributed by atoms with van der Waals surface area (Å²) in [7, 11) is 0. The molecule has 1 aliphatic rings. The molecule has 0 aliphatic carbocycles. The molecule has 5 heteroatoms. The second-order valence-electron chi connectivity index (χ2n) is 4.83. The van der Waals surface area contributed by atoms with Crippen LogP contribution in [0.4, 0.5) is 11.5 Å². The second-order valence-corrected chi connectivity index (χ2v) is 4.83. The van der Waals surface area contributed by atoms with E-state index in [4.69, 9.17) is 5.73 Å². The molecular formula is C13H20N4O. The molecule has 0 saturated carbocycles. The maximum absolute atomic E-state index is 12.1. The van der Waals surface area contributed by atoms with Crippen molar-refractivity contribution < 1.29 is 4.79 Å². The maximum Gasteiger partial charge on any atom is 0.244 e. The Hall–Kier alpha value is -1.78. The largest absolute Gasteiger partial charge is 0.397 e. The second kappa shape index (κ2) is 5.25. The molecule has 1 unspecified atom stereocenters. The Kier molecular flexibility index (Phi) is 3.69. The van der Waals surface area contributed by atoms with Crippen molar-refractivity contribution in [1.29, 1.82) is 0 Å². The topological polar surface area (TPSA) is 71.2 Å². The number of nitrogens with two attached hydrogens (primary N) is 1. The average molecular weight is 248 g/mol. The van der Waals surface area contributed by atoms with Gasteiger partial charge in [-0.15, -0.1) is 0 Å². The van der Waals surface area contributed by atoms with E-state index < -0.39 is 0 Å². The van der Waals surface area contributed by atoms with Crippen LogP contribution >= 0.6 is 0 Å². The lowest BCUT2D eigenvalue weighted by Crippen LogP contribution is -2.39. The lowest BCUT2D eigenvalue weighted by atomic mass is 10.2. The zero-order valence-electron chi connectivity index (χ0n) is 10.9. The molecule has 98 valence electrons. The molecule has 0 spiro atoms.